The summed E-state index contributed by atoms with van der Waals surface area (Å²) < 4.78 is 28.9. The topological polar surface area (TPSA) is 52.6 Å². The van der Waals surface area contributed by atoms with Crippen LogP contribution in [0.25, 0.3) is 0 Å². The molecule has 0 aliphatic carbocycles. The molecular formula is C2H6O4P2. The van der Waals surface area contributed by atoms with Crippen molar-refractivity contribution in [3.63, 3.8) is 0 Å². The number of rotatable bonds is 3. The van der Waals surface area contributed by atoms with E-state index in [1.165, 1.54) is 14.2 Å². The van der Waals surface area contributed by atoms with E-state index in [-0.39, 0.29) is 0 Å². The highest BCUT2D eigenvalue weighted by Gasteiger charge is 2.20. The highest BCUT2D eigenvalue weighted by molar-refractivity contribution is 8.14. The normalized spacial score (nSPS) is 12.2. The van der Waals surface area contributed by atoms with E-state index < -0.39 is 15.4 Å². The van der Waals surface area contributed by atoms with Gasteiger partial charge in [-0.1, -0.05) is 0 Å². The predicted molar refractivity (Wildman–Crippen MR) is 29.2 cm³/mol. The van der Waals surface area contributed by atoms with Gasteiger partial charge in [-0.15, -0.1) is 0 Å². The maximum Gasteiger partial charge on any atom is 0.419 e. The van der Waals surface area contributed by atoms with Gasteiger partial charge in [-0.05, 0) is 0 Å². The molecule has 0 atom stereocenters. The molecule has 0 unspecified atom stereocenters. The SMILES string of the molecule is COP(=O)(OC)P=O. The van der Waals surface area contributed by atoms with E-state index in [2.05, 4.69) is 9.05 Å². The Labute approximate surface area is 48.8 Å². The van der Waals surface area contributed by atoms with Crippen LogP contribution in [0.15, 0.2) is 0 Å². The van der Waals surface area contributed by atoms with Gasteiger partial charge in [0.05, 0.1) is 0 Å². The van der Waals surface area contributed by atoms with Crippen molar-refractivity contribution < 1.29 is 18.2 Å². The van der Waals surface area contributed by atoms with Crippen molar-refractivity contribution in [1.82, 2.24) is 0 Å². The summed E-state index contributed by atoms with van der Waals surface area (Å²) in [5, 5.41) is 0. The molecule has 0 bridgehead atoms. The van der Waals surface area contributed by atoms with Gasteiger partial charge in [-0.3, -0.25) is 4.57 Å². The highest BCUT2D eigenvalue weighted by atomic mass is 32.1. The molecule has 0 amide bonds. The molecule has 6 heteroatoms. The molecule has 0 saturated heterocycles. The molecule has 0 N–H and O–H groups in total. The van der Waals surface area contributed by atoms with Gasteiger partial charge in [0.15, 0.2) is 0 Å². The largest absolute Gasteiger partial charge is 0.419 e. The van der Waals surface area contributed by atoms with E-state index in [1.807, 2.05) is 0 Å². The second-order valence-corrected chi connectivity index (χ2v) is 4.71. The van der Waals surface area contributed by atoms with Crippen LogP contribution >= 0.6 is 15.4 Å². The Morgan fingerprint density at radius 1 is 1.38 bits per heavy atom. The van der Waals surface area contributed by atoms with E-state index >= 15 is 0 Å². The van der Waals surface area contributed by atoms with Crippen molar-refractivity contribution in [1.29, 1.82) is 0 Å². The standard InChI is InChI=1S/C2H6O4P2/c1-5-8(4,6-2)7-3/h1-2H3. The maximum absolute atomic E-state index is 10.6. The van der Waals surface area contributed by atoms with Gasteiger partial charge in [-0.25, -0.2) is 4.57 Å². The lowest BCUT2D eigenvalue weighted by molar-refractivity contribution is 0.293. The first-order valence-corrected chi connectivity index (χ1v) is 4.81. The maximum atomic E-state index is 10.6. The van der Waals surface area contributed by atoms with E-state index in [4.69, 9.17) is 0 Å². The average Bonchev–Trinajstić information content (AvgIpc) is 1.87. The summed E-state index contributed by atoms with van der Waals surface area (Å²) >= 11 is 0. The van der Waals surface area contributed by atoms with E-state index in [9.17, 15) is 9.13 Å². The van der Waals surface area contributed by atoms with Crippen LogP contribution in [0.5, 0.6) is 0 Å². The van der Waals surface area contributed by atoms with Crippen molar-refractivity contribution in [3.8, 4) is 0 Å². The first-order valence-electron chi connectivity index (χ1n) is 1.75. The Hall–Kier alpha value is 0.250. The van der Waals surface area contributed by atoms with Gasteiger partial charge in [-0.2, -0.15) is 0 Å². The monoisotopic (exact) mass is 156 g/mol. The van der Waals surface area contributed by atoms with Gasteiger partial charge in [0, 0.05) is 14.2 Å². The Morgan fingerprint density at radius 2 is 1.75 bits per heavy atom. The zero-order valence-electron chi connectivity index (χ0n) is 4.53. The van der Waals surface area contributed by atoms with Crippen molar-refractivity contribution in [2.24, 2.45) is 0 Å². The molecule has 0 heterocycles. The van der Waals surface area contributed by atoms with Crippen LogP contribution in [0.3, 0.4) is 0 Å². The molecule has 0 aromatic carbocycles. The molecule has 8 heavy (non-hydrogen) atoms. The van der Waals surface area contributed by atoms with Gasteiger partial charge >= 0.3 is 7.28 Å². The molecule has 0 aliphatic heterocycles. The molecule has 48 valence electrons. The fraction of sp³-hybridized carbons (Fsp3) is 1.00. The summed E-state index contributed by atoms with van der Waals surface area (Å²) in [7, 11) is -1.50. The third kappa shape index (κ3) is 2.01. The second kappa shape index (κ2) is 3.31. The number of hydrogen-bond acceptors (Lipinski definition) is 4. The smallest absolute Gasteiger partial charge is 0.304 e. The van der Waals surface area contributed by atoms with Crippen molar-refractivity contribution in [3.05, 3.63) is 0 Å². The fourth-order valence-corrected chi connectivity index (χ4v) is 0.824. The number of hydrogen-bond donors (Lipinski definition) is 0. The minimum atomic E-state index is -3.25. The quantitative estimate of drug-likeness (QED) is 0.583. The molecule has 0 aromatic heterocycles. The lowest BCUT2D eigenvalue weighted by Gasteiger charge is -2.01. The fourth-order valence-electron chi connectivity index (χ4n) is 0.141. The first-order chi connectivity index (χ1) is 3.68. The lowest BCUT2D eigenvalue weighted by atomic mass is 11.8. The Kier molecular flexibility index (Phi) is 3.41. The molecule has 0 aromatic rings. The second-order valence-electron chi connectivity index (χ2n) is 0.915. The zero-order valence-corrected chi connectivity index (χ0v) is 6.32. The molecular weight excluding hydrogens is 150 g/mol. The molecule has 0 fully saturated rings. The van der Waals surface area contributed by atoms with Crippen LogP contribution in [-0.2, 0) is 18.2 Å². The van der Waals surface area contributed by atoms with Crippen LogP contribution in [0.2, 0.25) is 0 Å². The molecule has 0 saturated carbocycles. The molecule has 0 aliphatic rings. The third-order valence-electron chi connectivity index (χ3n) is 0.561. The Bertz CT molecular complexity index is 113. The van der Waals surface area contributed by atoms with Crippen LogP contribution in [0.4, 0.5) is 0 Å². The summed E-state index contributed by atoms with van der Waals surface area (Å²) in [5.74, 6) is 0. The Morgan fingerprint density at radius 3 is 1.75 bits per heavy atom. The highest BCUT2D eigenvalue weighted by Crippen LogP contribution is 2.58. The van der Waals surface area contributed by atoms with Crippen LogP contribution < -0.4 is 0 Å². The minimum absolute atomic E-state index is 0.602. The molecule has 0 rings (SSSR count). The molecule has 0 spiro atoms. The van der Waals surface area contributed by atoms with Gasteiger partial charge in [0.1, 0.15) is 0 Å². The predicted octanol–water partition coefficient (Wildman–Crippen LogP) is 1.68. The third-order valence-corrected chi connectivity index (χ3v) is 3.26. The van der Waals surface area contributed by atoms with Gasteiger partial charge in [0.2, 0.25) is 0 Å². The lowest BCUT2D eigenvalue weighted by Crippen LogP contribution is -1.76. The average molecular weight is 156 g/mol. The molecule has 0 radical (unpaired) electrons. The van der Waals surface area contributed by atoms with Crippen molar-refractivity contribution in [2.45, 2.75) is 0 Å². The van der Waals surface area contributed by atoms with E-state index in [0.717, 1.165) is 0 Å². The van der Waals surface area contributed by atoms with Crippen LogP contribution in [0.1, 0.15) is 0 Å². The summed E-state index contributed by atoms with van der Waals surface area (Å²) in [4.78, 5) is 0. The summed E-state index contributed by atoms with van der Waals surface area (Å²) in [6, 6.07) is 0. The van der Waals surface area contributed by atoms with Crippen molar-refractivity contribution in [2.75, 3.05) is 14.2 Å². The molecule has 4 nitrogen and oxygen atoms in total. The van der Waals surface area contributed by atoms with E-state index in [1.54, 1.807) is 0 Å². The summed E-state index contributed by atoms with van der Waals surface area (Å²) in [6.07, 6.45) is 0. The first kappa shape index (κ1) is 8.25. The van der Waals surface area contributed by atoms with Gasteiger partial charge < -0.3 is 9.05 Å². The summed E-state index contributed by atoms with van der Waals surface area (Å²) in [5.41, 5.74) is 0. The van der Waals surface area contributed by atoms with Gasteiger partial charge in [0.25, 0.3) is 8.15 Å². The van der Waals surface area contributed by atoms with Crippen LogP contribution in [0, 0.1) is 0 Å². The summed E-state index contributed by atoms with van der Waals surface area (Å²) in [6.45, 7) is 0. The van der Waals surface area contributed by atoms with Crippen molar-refractivity contribution >= 4 is 15.4 Å². The Balaban J connectivity index is 3.99. The van der Waals surface area contributed by atoms with Crippen LogP contribution in [-0.4, -0.2) is 14.2 Å². The minimum Gasteiger partial charge on any atom is -0.304 e. The zero-order chi connectivity index (χ0) is 6.62. The van der Waals surface area contributed by atoms with E-state index in [0.29, 0.717) is 0 Å².